The number of benzene rings is 2. The average molecular weight is 472 g/mol. The van der Waals surface area contributed by atoms with Crippen LogP contribution in [0.1, 0.15) is 42.5 Å². The molecule has 0 fully saturated rings. The molecule has 2 rings (SSSR count). The van der Waals surface area contributed by atoms with Crippen LogP contribution >= 0.6 is 15.9 Å². The highest BCUT2D eigenvalue weighted by Crippen LogP contribution is 2.25. The third kappa shape index (κ3) is 6.64. The van der Waals surface area contributed by atoms with Gasteiger partial charge in [-0.2, -0.15) is 0 Å². The van der Waals surface area contributed by atoms with E-state index < -0.39 is 0 Å². The maximum Gasteiger partial charge on any atom is 0.338 e. The number of aryl methyl sites for hydroxylation is 1. The minimum Gasteiger partial charge on any atom is -0.465 e. The first-order valence-corrected chi connectivity index (χ1v) is 10.8. The van der Waals surface area contributed by atoms with E-state index in [4.69, 9.17) is 14.5 Å². The van der Waals surface area contributed by atoms with E-state index in [1.807, 2.05) is 44.2 Å². The van der Waals surface area contributed by atoms with E-state index in [9.17, 15) is 4.79 Å². The minimum atomic E-state index is -0.334. The molecule has 0 saturated carbocycles. The normalized spacial score (nSPS) is 13.3. The van der Waals surface area contributed by atoms with Crippen molar-refractivity contribution in [1.29, 1.82) is 0 Å². The Morgan fingerprint density at radius 2 is 1.93 bits per heavy atom. The number of ether oxygens (including phenoxy) is 2. The molecule has 0 aromatic heterocycles. The van der Waals surface area contributed by atoms with Crippen LogP contribution in [-0.4, -0.2) is 38.5 Å². The zero-order valence-corrected chi connectivity index (χ0v) is 20.0. The molecule has 0 aliphatic rings. The zero-order chi connectivity index (χ0) is 22.1. The largest absolute Gasteiger partial charge is 0.465 e. The lowest BCUT2D eigenvalue weighted by Gasteiger charge is -2.15. The van der Waals surface area contributed by atoms with Crippen LogP contribution in [0, 0.1) is 6.92 Å². The van der Waals surface area contributed by atoms with Crippen molar-refractivity contribution < 1.29 is 14.3 Å². The lowest BCUT2D eigenvalue weighted by Crippen LogP contribution is -2.10. The van der Waals surface area contributed by atoms with Gasteiger partial charge in [-0.15, -0.1) is 0 Å². The van der Waals surface area contributed by atoms with Crippen molar-refractivity contribution in [3.05, 3.63) is 75.3 Å². The zero-order valence-electron chi connectivity index (χ0n) is 18.4. The van der Waals surface area contributed by atoms with Gasteiger partial charge in [-0.25, -0.2) is 4.79 Å². The Hall–Kier alpha value is -2.24. The fraction of sp³-hybridized carbons (Fsp3) is 0.360. The maximum absolute atomic E-state index is 12.5. The fourth-order valence-electron chi connectivity index (χ4n) is 3.22. The van der Waals surface area contributed by atoms with Gasteiger partial charge in [0.25, 0.3) is 0 Å². The van der Waals surface area contributed by atoms with Gasteiger partial charge in [0.15, 0.2) is 0 Å². The minimum absolute atomic E-state index is 0.0235. The number of esters is 1. The molecule has 0 saturated heterocycles. The monoisotopic (exact) mass is 471 g/mol. The maximum atomic E-state index is 12.5. The number of halogens is 1. The molecule has 2 aromatic rings. The number of hydrogen-bond donors (Lipinski definition) is 0. The van der Waals surface area contributed by atoms with Gasteiger partial charge in [0, 0.05) is 23.8 Å². The number of carbonyl (C=O) groups is 1. The lowest BCUT2D eigenvalue weighted by molar-refractivity contribution is -0.133. The molecule has 0 N–H and O–H groups in total. The summed E-state index contributed by atoms with van der Waals surface area (Å²) in [6, 6.07) is 14.1. The van der Waals surface area contributed by atoms with Gasteiger partial charge in [0.05, 0.1) is 18.8 Å². The van der Waals surface area contributed by atoms with Crippen molar-refractivity contribution in [1.82, 2.24) is 0 Å². The van der Waals surface area contributed by atoms with E-state index >= 15 is 0 Å². The smallest absolute Gasteiger partial charge is 0.338 e. The van der Waals surface area contributed by atoms with Crippen LogP contribution in [-0.2, 0) is 20.7 Å². The fourth-order valence-corrected chi connectivity index (χ4v) is 3.62. The summed E-state index contributed by atoms with van der Waals surface area (Å²) in [6.07, 6.45) is 3.31. The third-order valence-electron chi connectivity index (χ3n) is 5.12. The number of aliphatic imine (C=N–C) groups is 1. The molecular formula is C25H30BrNO3. The van der Waals surface area contributed by atoms with E-state index in [0.717, 1.165) is 38.9 Å². The Bertz CT molecular complexity index is 934. The second kappa shape index (κ2) is 11.8. The molecule has 5 heteroatoms. The first kappa shape index (κ1) is 24.0. The van der Waals surface area contributed by atoms with Gasteiger partial charge in [0.2, 0.25) is 0 Å². The summed E-state index contributed by atoms with van der Waals surface area (Å²) in [5, 5.41) is 0. The molecule has 2 aromatic carbocycles. The lowest BCUT2D eigenvalue weighted by atomic mass is 9.93. The number of hydrogen-bond acceptors (Lipinski definition) is 4. The Morgan fingerprint density at radius 1 is 1.20 bits per heavy atom. The van der Waals surface area contributed by atoms with Crippen molar-refractivity contribution in [2.45, 2.75) is 39.7 Å². The average Bonchev–Trinajstić information content (AvgIpc) is 2.74. The predicted molar refractivity (Wildman–Crippen MR) is 127 cm³/mol. The summed E-state index contributed by atoms with van der Waals surface area (Å²) in [7, 11) is 3.08. The number of methoxy groups -OCH3 is 2. The van der Waals surface area contributed by atoms with Gasteiger partial charge < -0.3 is 9.47 Å². The van der Waals surface area contributed by atoms with Crippen LogP contribution in [0.5, 0.6) is 0 Å². The van der Waals surface area contributed by atoms with Crippen LogP contribution in [0.4, 0.5) is 0 Å². The molecule has 30 heavy (non-hydrogen) atoms. The van der Waals surface area contributed by atoms with E-state index in [-0.39, 0.29) is 12.1 Å². The molecule has 1 atom stereocenters. The Balaban J connectivity index is 2.30. The predicted octanol–water partition coefficient (Wildman–Crippen LogP) is 5.79. The molecule has 0 spiro atoms. The molecule has 4 nitrogen and oxygen atoms in total. The van der Waals surface area contributed by atoms with Crippen LogP contribution in [0.3, 0.4) is 0 Å². The number of rotatable bonds is 9. The number of nitrogens with zero attached hydrogens (tertiary/aromatic N) is 1. The topological polar surface area (TPSA) is 47.9 Å². The van der Waals surface area contributed by atoms with Crippen molar-refractivity contribution in [3.63, 3.8) is 0 Å². The number of carbonyl (C=O) groups excluding carboxylic acids is 1. The van der Waals surface area contributed by atoms with Gasteiger partial charge >= 0.3 is 5.97 Å². The van der Waals surface area contributed by atoms with Crippen molar-refractivity contribution in [2.24, 2.45) is 4.99 Å². The Morgan fingerprint density at radius 3 is 2.60 bits per heavy atom. The van der Waals surface area contributed by atoms with Crippen LogP contribution in [0.2, 0.25) is 0 Å². The third-order valence-corrected chi connectivity index (χ3v) is 5.61. The van der Waals surface area contributed by atoms with Crippen molar-refractivity contribution in [3.8, 4) is 0 Å². The molecule has 0 heterocycles. The Kier molecular flexibility index (Phi) is 9.47. The summed E-state index contributed by atoms with van der Waals surface area (Å²) in [5.74, 6) is -0.334. The highest BCUT2D eigenvalue weighted by molar-refractivity contribution is 9.10. The highest BCUT2D eigenvalue weighted by Gasteiger charge is 2.17. The standard InChI is InChI=1S/C25H30BrNO3/c1-17-8-6-11-23(24(25(28)30-5)13-12-18(2)29-4)22(17)14-15-27-19(3)20-9-7-10-21(26)16-20/h6-11,13,16,18H,12,14-15H2,1-5H3/b24-13-,27-19?. The quantitative estimate of drug-likeness (QED) is 0.264. The second-order valence-electron chi connectivity index (χ2n) is 7.22. The molecule has 1 unspecified atom stereocenters. The van der Waals surface area contributed by atoms with Crippen LogP contribution in [0.25, 0.3) is 5.57 Å². The van der Waals surface area contributed by atoms with E-state index in [0.29, 0.717) is 18.5 Å². The summed E-state index contributed by atoms with van der Waals surface area (Å²) in [4.78, 5) is 17.3. The van der Waals surface area contributed by atoms with Crippen LogP contribution in [0.15, 0.2) is 58.0 Å². The van der Waals surface area contributed by atoms with Gasteiger partial charge in [-0.1, -0.05) is 52.3 Å². The molecule has 0 amide bonds. The summed E-state index contributed by atoms with van der Waals surface area (Å²) >= 11 is 3.51. The van der Waals surface area contributed by atoms with Crippen LogP contribution < -0.4 is 0 Å². The van der Waals surface area contributed by atoms with Gasteiger partial charge in [0.1, 0.15) is 0 Å². The van der Waals surface area contributed by atoms with Crippen molar-refractivity contribution >= 4 is 33.2 Å². The van der Waals surface area contributed by atoms with E-state index in [1.54, 1.807) is 7.11 Å². The molecule has 0 aliphatic heterocycles. The molecule has 0 radical (unpaired) electrons. The molecule has 160 valence electrons. The Labute approximate surface area is 188 Å². The molecule has 0 aliphatic carbocycles. The van der Waals surface area contributed by atoms with Gasteiger partial charge in [-0.3, -0.25) is 4.99 Å². The van der Waals surface area contributed by atoms with E-state index in [1.165, 1.54) is 7.11 Å². The highest BCUT2D eigenvalue weighted by atomic mass is 79.9. The molecular weight excluding hydrogens is 442 g/mol. The second-order valence-corrected chi connectivity index (χ2v) is 8.14. The van der Waals surface area contributed by atoms with E-state index in [2.05, 4.69) is 41.1 Å². The summed E-state index contributed by atoms with van der Waals surface area (Å²) in [5.41, 5.74) is 5.82. The first-order valence-electron chi connectivity index (χ1n) is 10.0. The van der Waals surface area contributed by atoms with Crippen molar-refractivity contribution in [2.75, 3.05) is 20.8 Å². The first-order chi connectivity index (χ1) is 14.4. The molecule has 0 bridgehead atoms. The summed E-state index contributed by atoms with van der Waals surface area (Å²) in [6.45, 7) is 6.70. The SMILES string of the molecule is COC(=O)/C(=C\CC(C)OC)c1cccc(C)c1CCN=C(C)c1cccc(Br)c1. The summed E-state index contributed by atoms with van der Waals surface area (Å²) < 4.78 is 11.4. The van der Waals surface area contributed by atoms with Gasteiger partial charge in [-0.05, 0) is 68.0 Å².